The van der Waals surface area contributed by atoms with Crippen LogP contribution in [0.1, 0.15) is 0 Å². The normalized spacial score (nSPS) is 10.8. The molecule has 0 aliphatic heterocycles. The highest BCUT2D eigenvalue weighted by Gasteiger charge is 2.05. The second-order valence-electron chi connectivity index (χ2n) is 3.66. The molecule has 0 N–H and O–H groups in total. The fourth-order valence-electron chi connectivity index (χ4n) is 1.84. The van der Waals surface area contributed by atoms with Crippen molar-refractivity contribution in [3.05, 3.63) is 58.9 Å². The first-order chi connectivity index (χ1) is 7.84. The van der Waals surface area contributed by atoms with Gasteiger partial charge in [-0.3, -0.25) is 0 Å². The number of benzene rings is 2. The summed E-state index contributed by atoms with van der Waals surface area (Å²) in [5.41, 5.74) is 2.51. The van der Waals surface area contributed by atoms with E-state index in [0.29, 0.717) is 0 Å². The Labute approximate surface area is 103 Å². The highest BCUT2D eigenvalue weighted by molar-refractivity contribution is 7.17. The molecule has 0 nitrogen and oxygen atoms in total. The Morgan fingerprint density at radius 3 is 2.56 bits per heavy atom. The molecule has 78 valence electrons. The first kappa shape index (κ1) is 9.88. The fourth-order valence-corrected chi connectivity index (χ4v) is 2.97. The van der Waals surface area contributed by atoms with Gasteiger partial charge in [0.15, 0.2) is 0 Å². The molecule has 0 atom stereocenters. The van der Waals surface area contributed by atoms with E-state index in [4.69, 9.17) is 11.6 Å². The molecule has 0 unspecified atom stereocenters. The second-order valence-corrected chi connectivity index (χ2v) is 5.00. The van der Waals surface area contributed by atoms with Crippen LogP contribution in [0.4, 0.5) is 0 Å². The van der Waals surface area contributed by atoms with Crippen molar-refractivity contribution in [1.29, 1.82) is 0 Å². The van der Waals surface area contributed by atoms with Gasteiger partial charge in [-0.1, -0.05) is 41.9 Å². The van der Waals surface area contributed by atoms with Crippen LogP contribution in [0.5, 0.6) is 0 Å². The molecule has 2 aromatic carbocycles. The minimum atomic E-state index is 0.795. The van der Waals surface area contributed by atoms with Gasteiger partial charge in [0.05, 0.1) is 0 Å². The van der Waals surface area contributed by atoms with Crippen LogP contribution in [0.3, 0.4) is 0 Å². The minimum Gasteiger partial charge on any atom is -0.143 e. The lowest BCUT2D eigenvalue weighted by atomic mass is 10.1. The molecule has 3 rings (SSSR count). The number of halogens is 1. The molecule has 0 fully saturated rings. The van der Waals surface area contributed by atoms with E-state index in [0.717, 1.165) is 5.02 Å². The second kappa shape index (κ2) is 3.93. The maximum atomic E-state index is 6.04. The first-order valence-corrected chi connectivity index (χ1v) is 6.32. The van der Waals surface area contributed by atoms with Crippen LogP contribution >= 0.6 is 22.9 Å². The Balaban J connectivity index is 2.29. The molecule has 0 radical (unpaired) electrons. The van der Waals surface area contributed by atoms with Crippen LogP contribution in [-0.4, -0.2) is 0 Å². The predicted octanol–water partition coefficient (Wildman–Crippen LogP) is 5.22. The molecular formula is C14H9ClS. The van der Waals surface area contributed by atoms with Crippen molar-refractivity contribution in [2.75, 3.05) is 0 Å². The van der Waals surface area contributed by atoms with Crippen molar-refractivity contribution < 1.29 is 0 Å². The summed E-state index contributed by atoms with van der Waals surface area (Å²) in [5, 5.41) is 4.22. The van der Waals surface area contributed by atoms with Gasteiger partial charge in [0.2, 0.25) is 0 Å². The molecule has 1 aromatic heterocycles. The summed E-state index contributed by atoms with van der Waals surface area (Å²) < 4.78 is 1.28. The van der Waals surface area contributed by atoms with Gasteiger partial charge < -0.3 is 0 Å². The summed E-state index contributed by atoms with van der Waals surface area (Å²) in [4.78, 5) is 0. The Bertz CT molecular complexity index is 626. The van der Waals surface area contributed by atoms with Crippen LogP contribution in [0.2, 0.25) is 5.02 Å². The summed E-state index contributed by atoms with van der Waals surface area (Å²) in [6, 6.07) is 16.5. The van der Waals surface area contributed by atoms with Crippen molar-refractivity contribution in [3.8, 4) is 11.1 Å². The quantitative estimate of drug-likeness (QED) is 0.550. The highest BCUT2D eigenvalue weighted by atomic mass is 35.5. The van der Waals surface area contributed by atoms with E-state index >= 15 is 0 Å². The van der Waals surface area contributed by atoms with Crippen LogP contribution in [-0.2, 0) is 0 Å². The number of thiophene rings is 1. The molecule has 0 aliphatic carbocycles. The lowest BCUT2D eigenvalue weighted by Crippen LogP contribution is -1.74. The van der Waals surface area contributed by atoms with E-state index in [1.54, 1.807) is 11.3 Å². The van der Waals surface area contributed by atoms with Gasteiger partial charge in [0.25, 0.3) is 0 Å². The molecule has 1 heterocycles. The SMILES string of the molecule is Clc1ccc2scc(-c3ccccc3)c2c1. The zero-order valence-corrected chi connectivity index (χ0v) is 10.1. The number of fused-ring (bicyclic) bond motifs is 1. The maximum Gasteiger partial charge on any atom is 0.0413 e. The largest absolute Gasteiger partial charge is 0.143 e. The van der Waals surface area contributed by atoms with E-state index in [2.05, 4.69) is 35.7 Å². The average molecular weight is 245 g/mol. The van der Waals surface area contributed by atoms with E-state index in [9.17, 15) is 0 Å². The summed E-state index contributed by atoms with van der Waals surface area (Å²) >= 11 is 7.80. The van der Waals surface area contributed by atoms with Crippen LogP contribution in [0.25, 0.3) is 21.2 Å². The van der Waals surface area contributed by atoms with Crippen molar-refractivity contribution in [3.63, 3.8) is 0 Å². The third-order valence-electron chi connectivity index (χ3n) is 2.62. The zero-order valence-electron chi connectivity index (χ0n) is 8.48. The van der Waals surface area contributed by atoms with E-state index in [1.165, 1.54) is 21.2 Å². The lowest BCUT2D eigenvalue weighted by molar-refractivity contribution is 1.69. The third-order valence-corrected chi connectivity index (χ3v) is 3.82. The Morgan fingerprint density at radius 2 is 1.75 bits per heavy atom. The van der Waals surface area contributed by atoms with Crippen molar-refractivity contribution in [1.82, 2.24) is 0 Å². The molecule has 2 heteroatoms. The fraction of sp³-hybridized carbons (Fsp3) is 0. The zero-order chi connectivity index (χ0) is 11.0. The van der Waals surface area contributed by atoms with Gasteiger partial charge >= 0.3 is 0 Å². The van der Waals surface area contributed by atoms with Gasteiger partial charge in [-0.05, 0) is 29.1 Å². The summed E-state index contributed by atoms with van der Waals surface area (Å²) in [6.45, 7) is 0. The molecule has 0 amide bonds. The first-order valence-electron chi connectivity index (χ1n) is 5.07. The molecule has 0 aliphatic rings. The van der Waals surface area contributed by atoms with Gasteiger partial charge in [-0.15, -0.1) is 11.3 Å². The van der Waals surface area contributed by atoms with E-state index < -0.39 is 0 Å². The van der Waals surface area contributed by atoms with Crippen LogP contribution < -0.4 is 0 Å². The average Bonchev–Trinajstić information content (AvgIpc) is 2.73. The van der Waals surface area contributed by atoms with Gasteiger partial charge in [-0.25, -0.2) is 0 Å². The van der Waals surface area contributed by atoms with Gasteiger partial charge in [0, 0.05) is 20.7 Å². The standard InChI is InChI=1S/C14H9ClS/c15-11-6-7-14-12(8-11)13(9-16-14)10-4-2-1-3-5-10/h1-9H. The van der Waals surface area contributed by atoms with Gasteiger partial charge in [0.1, 0.15) is 0 Å². The van der Waals surface area contributed by atoms with E-state index in [1.807, 2.05) is 18.2 Å². The highest BCUT2D eigenvalue weighted by Crippen LogP contribution is 2.35. The topological polar surface area (TPSA) is 0 Å². The predicted molar refractivity (Wildman–Crippen MR) is 72.3 cm³/mol. The molecular weight excluding hydrogens is 236 g/mol. The molecule has 0 bridgehead atoms. The molecule has 16 heavy (non-hydrogen) atoms. The van der Waals surface area contributed by atoms with E-state index in [-0.39, 0.29) is 0 Å². The smallest absolute Gasteiger partial charge is 0.0413 e. The summed E-state index contributed by atoms with van der Waals surface area (Å²) in [6.07, 6.45) is 0. The van der Waals surface area contributed by atoms with Gasteiger partial charge in [-0.2, -0.15) is 0 Å². The minimum absolute atomic E-state index is 0.795. The number of hydrogen-bond acceptors (Lipinski definition) is 1. The monoisotopic (exact) mass is 244 g/mol. The van der Waals surface area contributed by atoms with Crippen LogP contribution in [0.15, 0.2) is 53.9 Å². The summed E-state index contributed by atoms with van der Waals surface area (Å²) in [7, 11) is 0. The Hall–Kier alpha value is -1.31. The van der Waals surface area contributed by atoms with Crippen molar-refractivity contribution in [2.45, 2.75) is 0 Å². The maximum absolute atomic E-state index is 6.04. The van der Waals surface area contributed by atoms with Crippen LogP contribution in [0, 0.1) is 0 Å². The summed E-state index contributed by atoms with van der Waals surface area (Å²) in [5.74, 6) is 0. The lowest BCUT2D eigenvalue weighted by Gasteiger charge is -1.99. The van der Waals surface area contributed by atoms with Crippen molar-refractivity contribution in [2.24, 2.45) is 0 Å². The molecule has 3 aromatic rings. The third kappa shape index (κ3) is 1.62. The molecule has 0 spiro atoms. The Kier molecular flexibility index (Phi) is 2.43. The number of rotatable bonds is 1. The Morgan fingerprint density at radius 1 is 0.938 bits per heavy atom. The molecule has 0 saturated heterocycles. The number of hydrogen-bond donors (Lipinski definition) is 0. The molecule has 0 saturated carbocycles. The van der Waals surface area contributed by atoms with Crippen molar-refractivity contribution >= 4 is 33.0 Å².